The van der Waals surface area contributed by atoms with Crippen molar-refractivity contribution >= 4 is 29.1 Å². The molecule has 1 amide bonds. The van der Waals surface area contributed by atoms with E-state index in [2.05, 4.69) is 10.4 Å². The molecule has 2 N–H and O–H groups in total. The maximum absolute atomic E-state index is 12.7. The Balaban J connectivity index is 1.80. The van der Waals surface area contributed by atoms with Gasteiger partial charge in [-0.15, -0.1) is 0 Å². The molecule has 0 saturated heterocycles. The largest absolute Gasteiger partial charge is 0.387 e. The zero-order chi connectivity index (χ0) is 19.7. The van der Waals surface area contributed by atoms with Crippen LogP contribution in [0.1, 0.15) is 33.4 Å². The Hall–Kier alpha value is -2.28. The van der Waals surface area contributed by atoms with E-state index in [0.717, 1.165) is 11.4 Å². The van der Waals surface area contributed by atoms with Gasteiger partial charge in [0.15, 0.2) is 0 Å². The number of halogens is 2. The van der Waals surface area contributed by atoms with Gasteiger partial charge in [-0.05, 0) is 49.7 Å². The number of carbonyl (C=O) groups is 1. The normalized spacial score (nSPS) is 12.2. The van der Waals surface area contributed by atoms with Gasteiger partial charge in [-0.1, -0.05) is 23.2 Å². The Morgan fingerprint density at radius 3 is 2.37 bits per heavy atom. The van der Waals surface area contributed by atoms with E-state index in [9.17, 15) is 9.90 Å². The van der Waals surface area contributed by atoms with E-state index in [1.54, 1.807) is 29.9 Å². The number of carbonyl (C=O) groups excluding carboxylic acids is 1. The van der Waals surface area contributed by atoms with Crippen molar-refractivity contribution in [3.63, 3.8) is 0 Å². The van der Waals surface area contributed by atoms with Crippen molar-refractivity contribution in [2.75, 3.05) is 6.54 Å². The van der Waals surface area contributed by atoms with Crippen LogP contribution in [0.2, 0.25) is 10.0 Å². The van der Waals surface area contributed by atoms with Crippen LogP contribution >= 0.6 is 23.2 Å². The molecule has 0 aliphatic rings. The molecule has 1 aromatic carbocycles. The molecule has 1 atom stereocenters. The van der Waals surface area contributed by atoms with Gasteiger partial charge in [-0.2, -0.15) is 5.10 Å². The number of amides is 1. The standard InChI is InChI=1S/C19H20Cl2N4O2/c1-11-4-5-12(2)25(11)19-16(9-23-24(19)3)18(27)22-10-17(26)13-6-14(20)8-15(21)7-13/h4-9,17,26H,10H2,1-3H3,(H,22,27)/t17-/m0/s1. The molecule has 0 aliphatic heterocycles. The summed E-state index contributed by atoms with van der Waals surface area (Å²) in [5, 5.41) is 18.2. The zero-order valence-electron chi connectivity index (χ0n) is 15.2. The molecule has 2 aromatic heterocycles. The summed E-state index contributed by atoms with van der Waals surface area (Å²) in [5.41, 5.74) is 2.96. The summed E-state index contributed by atoms with van der Waals surface area (Å²) in [7, 11) is 1.79. The summed E-state index contributed by atoms with van der Waals surface area (Å²) >= 11 is 11.9. The van der Waals surface area contributed by atoms with Crippen LogP contribution in [-0.2, 0) is 7.05 Å². The number of rotatable bonds is 5. The molecule has 0 unspecified atom stereocenters. The van der Waals surface area contributed by atoms with Crippen LogP contribution in [0, 0.1) is 13.8 Å². The molecule has 8 heteroatoms. The molecule has 3 aromatic rings. The summed E-state index contributed by atoms with van der Waals surface area (Å²) in [6.45, 7) is 3.95. The molecule has 0 aliphatic carbocycles. The van der Waals surface area contributed by atoms with Crippen LogP contribution in [0.4, 0.5) is 0 Å². The predicted octanol–water partition coefficient (Wildman–Crippen LogP) is 3.60. The topological polar surface area (TPSA) is 72.1 Å². The number of nitrogens with zero attached hydrogens (tertiary/aromatic N) is 3. The Kier molecular flexibility index (Phi) is 5.60. The smallest absolute Gasteiger partial charge is 0.256 e. The van der Waals surface area contributed by atoms with Gasteiger partial charge in [0.25, 0.3) is 5.91 Å². The van der Waals surface area contributed by atoms with E-state index < -0.39 is 6.10 Å². The highest BCUT2D eigenvalue weighted by molar-refractivity contribution is 6.34. The van der Waals surface area contributed by atoms with Crippen LogP contribution in [0.25, 0.3) is 5.82 Å². The molecule has 0 fully saturated rings. The predicted molar refractivity (Wildman–Crippen MR) is 106 cm³/mol. The molecule has 142 valence electrons. The highest BCUT2D eigenvalue weighted by atomic mass is 35.5. The average molecular weight is 407 g/mol. The zero-order valence-corrected chi connectivity index (χ0v) is 16.7. The molecular weight excluding hydrogens is 387 g/mol. The summed E-state index contributed by atoms with van der Waals surface area (Å²) in [4.78, 5) is 12.7. The lowest BCUT2D eigenvalue weighted by molar-refractivity contribution is 0.0916. The van der Waals surface area contributed by atoms with Crippen molar-refractivity contribution in [3.8, 4) is 5.82 Å². The van der Waals surface area contributed by atoms with Crippen molar-refractivity contribution in [2.24, 2.45) is 7.05 Å². The van der Waals surface area contributed by atoms with Gasteiger partial charge in [-0.25, -0.2) is 0 Å². The number of aromatic nitrogens is 3. The second kappa shape index (κ2) is 7.76. The van der Waals surface area contributed by atoms with Gasteiger partial charge in [-0.3, -0.25) is 9.48 Å². The van der Waals surface area contributed by atoms with Gasteiger partial charge >= 0.3 is 0 Å². The first-order valence-corrected chi connectivity index (χ1v) is 9.13. The van der Waals surface area contributed by atoms with Crippen molar-refractivity contribution in [1.82, 2.24) is 19.7 Å². The van der Waals surface area contributed by atoms with E-state index in [-0.39, 0.29) is 12.5 Å². The number of hydrogen-bond acceptors (Lipinski definition) is 3. The highest BCUT2D eigenvalue weighted by Gasteiger charge is 2.20. The number of aliphatic hydroxyl groups excluding tert-OH is 1. The number of aliphatic hydroxyl groups is 1. The van der Waals surface area contributed by atoms with Crippen LogP contribution in [0.15, 0.2) is 36.5 Å². The molecule has 0 radical (unpaired) electrons. The Bertz CT molecular complexity index is 954. The molecular formula is C19H20Cl2N4O2. The fraction of sp³-hybridized carbons (Fsp3) is 0.263. The van der Waals surface area contributed by atoms with E-state index in [4.69, 9.17) is 23.2 Å². The third kappa shape index (κ3) is 4.03. The maximum Gasteiger partial charge on any atom is 0.256 e. The second-order valence-electron chi connectivity index (χ2n) is 6.39. The average Bonchev–Trinajstić information content (AvgIpc) is 3.13. The lowest BCUT2D eigenvalue weighted by atomic mass is 10.1. The van der Waals surface area contributed by atoms with Crippen LogP contribution < -0.4 is 5.32 Å². The fourth-order valence-electron chi connectivity index (χ4n) is 3.03. The maximum atomic E-state index is 12.7. The third-order valence-corrected chi connectivity index (χ3v) is 4.80. The number of nitrogens with one attached hydrogen (secondary N) is 1. The SMILES string of the molecule is Cc1ccc(C)n1-c1c(C(=O)NC[C@H](O)c2cc(Cl)cc(Cl)c2)cnn1C. The van der Waals surface area contributed by atoms with Crippen molar-refractivity contribution in [3.05, 3.63) is 69.1 Å². The molecule has 3 rings (SSSR count). The molecule has 0 bridgehead atoms. The van der Waals surface area contributed by atoms with E-state index >= 15 is 0 Å². The van der Waals surface area contributed by atoms with Crippen LogP contribution in [-0.4, -0.2) is 31.9 Å². The van der Waals surface area contributed by atoms with Crippen molar-refractivity contribution in [1.29, 1.82) is 0 Å². The van der Waals surface area contributed by atoms with Gasteiger partial charge in [0.1, 0.15) is 11.4 Å². The van der Waals surface area contributed by atoms with Gasteiger partial charge in [0, 0.05) is 35.0 Å². The quantitative estimate of drug-likeness (QED) is 0.679. The lowest BCUT2D eigenvalue weighted by Crippen LogP contribution is -2.29. The number of benzene rings is 1. The summed E-state index contributed by atoms with van der Waals surface area (Å²) in [6.07, 6.45) is 0.590. The van der Waals surface area contributed by atoms with Gasteiger partial charge in [0.05, 0.1) is 12.3 Å². The minimum atomic E-state index is -0.930. The number of hydrogen-bond donors (Lipinski definition) is 2. The van der Waals surface area contributed by atoms with E-state index in [1.165, 1.54) is 6.20 Å². The minimum Gasteiger partial charge on any atom is -0.387 e. The second-order valence-corrected chi connectivity index (χ2v) is 7.26. The first-order valence-electron chi connectivity index (χ1n) is 8.37. The summed E-state index contributed by atoms with van der Waals surface area (Å²) in [6, 6.07) is 8.79. The Morgan fingerprint density at radius 1 is 1.19 bits per heavy atom. The monoisotopic (exact) mass is 406 g/mol. The first-order chi connectivity index (χ1) is 12.8. The molecule has 0 saturated carbocycles. The first kappa shape index (κ1) is 19.5. The molecule has 2 heterocycles. The van der Waals surface area contributed by atoms with Crippen LogP contribution in [0.3, 0.4) is 0 Å². The van der Waals surface area contributed by atoms with E-state index in [0.29, 0.717) is 27.0 Å². The van der Waals surface area contributed by atoms with Gasteiger partial charge < -0.3 is 15.0 Å². The molecule has 0 spiro atoms. The fourth-order valence-corrected chi connectivity index (χ4v) is 3.57. The Labute approximate surface area is 167 Å². The van der Waals surface area contributed by atoms with Crippen molar-refractivity contribution in [2.45, 2.75) is 20.0 Å². The van der Waals surface area contributed by atoms with Crippen molar-refractivity contribution < 1.29 is 9.90 Å². The minimum absolute atomic E-state index is 0.0213. The lowest BCUT2D eigenvalue weighted by Gasteiger charge is -2.15. The third-order valence-electron chi connectivity index (χ3n) is 4.36. The Morgan fingerprint density at radius 2 is 1.78 bits per heavy atom. The summed E-state index contributed by atoms with van der Waals surface area (Å²) < 4.78 is 3.62. The van der Waals surface area contributed by atoms with Crippen LogP contribution in [0.5, 0.6) is 0 Å². The molecule has 6 nitrogen and oxygen atoms in total. The summed E-state index contributed by atoms with van der Waals surface area (Å²) in [5.74, 6) is 0.352. The highest BCUT2D eigenvalue weighted by Crippen LogP contribution is 2.24. The van der Waals surface area contributed by atoms with Gasteiger partial charge in [0.2, 0.25) is 0 Å². The van der Waals surface area contributed by atoms with E-state index in [1.807, 2.05) is 30.5 Å². The number of aryl methyl sites for hydroxylation is 3. The molecule has 27 heavy (non-hydrogen) atoms.